The average Bonchev–Trinajstić information content (AvgIpc) is 2.77. The Hall–Kier alpha value is -2.70. The summed E-state index contributed by atoms with van der Waals surface area (Å²) in [5, 5.41) is 23.3. The van der Waals surface area contributed by atoms with Crippen LogP contribution < -0.4 is 0 Å². The number of carbonyl (C=O) groups is 1. The fraction of sp³-hybridized carbons (Fsp3) is 0.0909. The first kappa shape index (κ1) is 11.8. The van der Waals surface area contributed by atoms with E-state index in [1.807, 2.05) is 0 Å². The number of nitro benzene ring substituents is 1. The molecule has 0 radical (unpaired) electrons. The second kappa shape index (κ2) is 4.28. The van der Waals surface area contributed by atoms with Crippen LogP contribution in [-0.2, 0) is 0 Å². The number of carboxylic acid groups (broad SMARTS) is 1. The summed E-state index contributed by atoms with van der Waals surface area (Å²) in [6.07, 6.45) is 1.45. The maximum absolute atomic E-state index is 10.7. The third-order valence-corrected chi connectivity index (χ3v) is 2.33. The SMILES string of the molecule is Cc1cc(-n2ccc(C(=O)O)n2)cc([N+](=O)[O-])c1. The van der Waals surface area contributed by atoms with Crippen LogP contribution in [0.1, 0.15) is 16.1 Å². The van der Waals surface area contributed by atoms with Gasteiger partial charge in [0, 0.05) is 18.3 Å². The van der Waals surface area contributed by atoms with Crippen LogP contribution in [0, 0.1) is 17.0 Å². The lowest BCUT2D eigenvalue weighted by atomic mass is 10.2. The Morgan fingerprint density at radius 3 is 2.72 bits per heavy atom. The summed E-state index contributed by atoms with van der Waals surface area (Å²) in [6.45, 7) is 1.72. The highest BCUT2D eigenvalue weighted by molar-refractivity contribution is 5.85. The van der Waals surface area contributed by atoms with Gasteiger partial charge in [-0.2, -0.15) is 5.10 Å². The molecule has 1 N–H and O–H groups in total. The van der Waals surface area contributed by atoms with Crippen LogP contribution in [0.3, 0.4) is 0 Å². The molecule has 1 heterocycles. The lowest BCUT2D eigenvalue weighted by Crippen LogP contribution is -2.02. The largest absolute Gasteiger partial charge is 0.476 e. The fourth-order valence-electron chi connectivity index (χ4n) is 1.56. The van der Waals surface area contributed by atoms with Crippen LogP contribution in [-0.4, -0.2) is 25.8 Å². The van der Waals surface area contributed by atoms with E-state index < -0.39 is 10.9 Å². The first-order valence-corrected chi connectivity index (χ1v) is 5.03. The Kier molecular flexibility index (Phi) is 2.80. The fourth-order valence-corrected chi connectivity index (χ4v) is 1.56. The molecule has 0 amide bonds. The zero-order chi connectivity index (χ0) is 13.3. The summed E-state index contributed by atoms with van der Waals surface area (Å²) < 4.78 is 1.30. The monoisotopic (exact) mass is 247 g/mol. The molecule has 7 heteroatoms. The summed E-state index contributed by atoms with van der Waals surface area (Å²) in [7, 11) is 0. The highest BCUT2D eigenvalue weighted by Gasteiger charge is 2.12. The number of aromatic nitrogens is 2. The number of benzene rings is 1. The second-order valence-electron chi connectivity index (χ2n) is 3.73. The van der Waals surface area contributed by atoms with Crippen LogP contribution >= 0.6 is 0 Å². The van der Waals surface area contributed by atoms with E-state index in [-0.39, 0.29) is 11.4 Å². The van der Waals surface area contributed by atoms with Gasteiger partial charge < -0.3 is 5.11 Å². The molecule has 18 heavy (non-hydrogen) atoms. The zero-order valence-electron chi connectivity index (χ0n) is 9.40. The molecule has 0 saturated carbocycles. The molecule has 0 aliphatic carbocycles. The third-order valence-electron chi connectivity index (χ3n) is 2.33. The van der Waals surface area contributed by atoms with Crippen molar-refractivity contribution in [3.63, 3.8) is 0 Å². The number of hydrogen-bond donors (Lipinski definition) is 1. The number of non-ortho nitro benzene ring substituents is 1. The topological polar surface area (TPSA) is 98.3 Å². The van der Waals surface area contributed by atoms with Gasteiger partial charge in [-0.25, -0.2) is 9.48 Å². The first-order chi connectivity index (χ1) is 8.47. The predicted molar refractivity (Wildman–Crippen MR) is 61.9 cm³/mol. The summed E-state index contributed by atoms with van der Waals surface area (Å²) in [4.78, 5) is 20.9. The molecule has 1 aromatic heterocycles. The summed E-state index contributed by atoms with van der Waals surface area (Å²) in [5.74, 6) is -1.14. The summed E-state index contributed by atoms with van der Waals surface area (Å²) >= 11 is 0. The van der Waals surface area contributed by atoms with Gasteiger partial charge in [0.25, 0.3) is 5.69 Å². The van der Waals surface area contributed by atoms with Gasteiger partial charge in [0.1, 0.15) is 0 Å². The van der Waals surface area contributed by atoms with Crippen molar-refractivity contribution < 1.29 is 14.8 Å². The van der Waals surface area contributed by atoms with Gasteiger partial charge in [0.15, 0.2) is 5.69 Å². The maximum atomic E-state index is 10.7. The molecule has 0 atom stereocenters. The van der Waals surface area contributed by atoms with E-state index >= 15 is 0 Å². The minimum absolute atomic E-state index is 0.0580. The van der Waals surface area contributed by atoms with Crippen molar-refractivity contribution >= 4 is 11.7 Å². The number of aromatic carboxylic acids is 1. The molecular weight excluding hydrogens is 238 g/mol. The normalized spacial score (nSPS) is 10.3. The summed E-state index contributed by atoms with van der Waals surface area (Å²) in [5.41, 5.74) is 0.984. The van der Waals surface area contributed by atoms with Crippen LogP contribution in [0.25, 0.3) is 5.69 Å². The first-order valence-electron chi connectivity index (χ1n) is 5.03. The van der Waals surface area contributed by atoms with Crippen LogP contribution in [0.5, 0.6) is 0 Å². The Labute approximate surface area is 101 Å². The molecule has 0 fully saturated rings. The van der Waals surface area contributed by atoms with Crippen molar-refractivity contribution in [2.45, 2.75) is 6.92 Å². The van der Waals surface area contributed by atoms with E-state index in [0.29, 0.717) is 11.3 Å². The lowest BCUT2D eigenvalue weighted by molar-refractivity contribution is -0.384. The molecule has 92 valence electrons. The minimum Gasteiger partial charge on any atom is -0.476 e. The number of nitrogens with zero attached hydrogens (tertiary/aromatic N) is 3. The molecule has 0 spiro atoms. The van der Waals surface area contributed by atoms with Gasteiger partial charge in [0.05, 0.1) is 10.6 Å². The van der Waals surface area contributed by atoms with Gasteiger partial charge in [-0.1, -0.05) is 0 Å². The van der Waals surface area contributed by atoms with Gasteiger partial charge in [-0.15, -0.1) is 0 Å². The quantitative estimate of drug-likeness (QED) is 0.658. The van der Waals surface area contributed by atoms with E-state index in [0.717, 1.165) is 0 Å². The van der Waals surface area contributed by atoms with Crippen molar-refractivity contribution in [1.82, 2.24) is 9.78 Å². The van der Waals surface area contributed by atoms with E-state index in [2.05, 4.69) is 5.10 Å². The molecule has 7 nitrogen and oxygen atoms in total. The third kappa shape index (κ3) is 2.19. The molecule has 0 aliphatic heterocycles. The number of rotatable bonds is 3. The molecular formula is C11H9N3O4. The Bertz CT molecular complexity index is 633. The van der Waals surface area contributed by atoms with Crippen molar-refractivity contribution in [3.05, 3.63) is 51.8 Å². The predicted octanol–water partition coefficient (Wildman–Crippen LogP) is 1.79. The molecule has 0 unspecified atom stereocenters. The van der Waals surface area contributed by atoms with Crippen LogP contribution in [0.15, 0.2) is 30.5 Å². The van der Waals surface area contributed by atoms with Crippen molar-refractivity contribution in [3.8, 4) is 5.69 Å². The molecule has 2 aromatic rings. The van der Waals surface area contributed by atoms with E-state index in [1.54, 1.807) is 13.0 Å². The maximum Gasteiger partial charge on any atom is 0.356 e. The van der Waals surface area contributed by atoms with Gasteiger partial charge in [-0.3, -0.25) is 10.1 Å². The lowest BCUT2D eigenvalue weighted by Gasteiger charge is -2.02. The number of aryl methyl sites for hydroxylation is 1. The van der Waals surface area contributed by atoms with Gasteiger partial charge in [-0.05, 0) is 24.6 Å². The summed E-state index contributed by atoms with van der Waals surface area (Å²) in [6, 6.07) is 5.79. The number of carboxylic acids is 1. The van der Waals surface area contributed by atoms with Crippen molar-refractivity contribution in [2.24, 2.45) is 0 Å². The average molecular weight is 247 g/mol. The molecule has 1 aromatic carbocycles. The Morgan fingerprint density at radius 1 is 1.44 bits per heavy atom. The van der Waals surface area contributed by atoms with E-state index in [4.69, 9.17) is 5.11 Å². The molecule has 0 saturated heterocycles. The smallest absolute Gasteiger partial charge is 0.356 e. The molecule has 0 aliphatic rings. The second-order valence-corrected chi connectivity index (χ2v) is 3.73. The minimum atomic E-state index is -1.14. The zero-order valence-corrected chi connectivity index (χ0v) is 9.40. The number of nitro groups is 1. The highest BCUT2D eigenvalue weighted by Crippen LogP contribution is 2.19. The van der Waals surface area contributed by atoms with Gasteiger partial charge in [0.2, 0.25) is 0 Å². The Morgan fingerprint density at radius 2 is 2.17 bits per heavy atom. The Balaban J connectivity index is 2.49. The molecule has 2 rings (SSSR count). The van der Waals surface area contributed by atoms with Gasteiger partial charge >= 0.3 is 5.97 Å². The van der Waals surface area contributed by atoms with Crippen molar-refractivity contribution in [1.29, 1.82) is 0 Å². The molecule has 0 bridgehead atoms. The van der Waals surface area contributed by atoms with Crippen LogP contribution in [0.2, 0.25) is 0 Å². The number of hydrogen-bond acceptors (Lipinski definition) is 4. The van der Waals surface area contributed by atoms with Crippen molar-refractivity contribution in [2.75, 3.05) is 0 Å². The standard InChI is InChI=1S/C11H9N3O4/c1-7-4-8(6-9(5-7)14(17)18)13-3-2-10(12-13)11(15)16/h2-6H,1H3,(H,15,16). The van der Waals surface area contributed by atoms with Crippen LogP contribution in [0.4, 0.5) is 5.69 Å². The van der Waals surface area contributed by atoms with E-state index in [9.17, 15) is 14.9 Å². The highest BCUT2D eigenvalue weighted by atomic mass is 16.6. The van der Waals surface area contributed by atoms with E-state index in [1.165, 1.54) is 29.1 Å².